The molecule has 3 rings (SSSR count). The van der Waals surface area contributed by atoms with Crippen LogP contribution in [-0.4, -0.2) is 21.0 Å². The normalized spacial score (nSPS) is 10.7. The molecule has 0 saturated carbocycles. The molecule has 0 spiro atoms. The summed E-state index contributed by atoms with van der Waals surface area (Å²) in [4.78, 5) is 21.7. The maximum absolute atomic E-state index is 11.3. The monoisotopic (exact) mass is 283 g/mol. The van der Waals surface area contributed by atoms with E-state index < -0.39 is 4.92 Å². The summed E-state index contributed by atoms with van der Waals surface area (Å²) in [7, 11) is 0. The van der Waals surface area contributed by atoms with Gasteiger partial charge < -0.3 is 0 Å². The molecule has 1 heterocycles. The SMILES string of the molecule is CC(=O)c1ccc(-c2ccc([N+](=O)[O-])c3nonc23)cc1. The number of Topliss-reactive ketones (excluding diaryl/α,β-unsaturated/α-hetero) is 1. The Bertz CT molecular complexity index is 852. The Balaban J connectivity index is 2.17. The molecule has 0 saturated heterocycles. The molecule has 0 unspecified atom stereocenters. The fourth-order valence-corrected chi connectivity index (χ4v) is 2.12. The molecule has 3 aromatic rings. The first-order valence-corrected chi connectivity index (χ1v) is 6.09. The zero-order valence-corrected chi connectivity index (χ0v) is 10.9. The Hall–Kier alpha value is -3.09. The lowest BCUT2D eigenvalue weighted by atomic mass is 10.0. The topological polar surface area (TPSA) is 99.1 Å². The summed E-state index contributed by atoms with van der Waals surface area (Å²) in [5.41, 5.74) is 2.29. The van der Waals surface area contributed by atoms with Gasteiger partial charge in [0.2, 0.25) is 5.52 Å². The largest absolute Gasteiger partial charge is 0.300 e. The summed E-state index contributed by atoms with van der Waals surface area (Å²) >= 11 is 0. The van der Waals surface area contributed by atoms with E-state index in [0.29, 0.717) is 16.6 Å². The minimum absolute atomic E-state index is 0.0292. The zero-order chi connectivity index (χ0) is 15.0. The molecule has 0 N–H and O–H groups in total. The van der Waals surface area contributed by atoms with E-state index in [1.807, 2.05) is 0 Å². The van der Waals surface area contributed by atoms with Crippen LogP contribution in [0.1, 0.15) is 17.3 Å². The summed E-state index contributed by atoms with van der Waals surface area (Å²) in [6.07, 6.45) is 0. The molecular weight excluding hydrogens is 274 g/mol. The average molecular weight is 283 g/mol. The number of benzene rings is 2. The molecule has 0 fully saturated rings. The first-order chi connectivity index (χ1) is 10.1. The van der Waals surface area contributed by atoms with E-state index in [1.54, 1.807) is 30.3 Å². The van der Waals surface area contributed by atoms with Gasteiger partial charge in [-0.2, -0.15) is 0 Å². The lowest BCUT2D eigenvalue weighted by molar-refractivity contribution is -0.383. The molecule has 0 atom stereocenters. The molecular formula is C14H9N3O4. The quantitative estimate of drug-likeness (QED) is 0.416. The van der Waals surface area contributed by atoms with E-state index in [1.165, 1.54) is 13.0 Å². The number of nitro benzene ring substituents is 1. The molecule has 7 nitrogen and oxygen atoms in total. The van der Waals surface area contributed by atoms with Crippen LogP contribution in [0.25, 0.3) is 22.2 Å². The third kappa shape index (κ3) is 2.14. The van der Waals surface area contributed by atoms with Crippen LogP contribution in [0.5, 0.6) is 0 Å². The first-order valence-electron chi connectivity index (χ1n) is 6.09. The molecule has 1 aromatic heterocycles. The predicted octanol–water partition coefficient (Wildman–Crippen LogP) is 3.00. The van der Waals surface area contributed by atoms with Crippen molar-refractivity contribution >= 4 is 22.5 Å². The molecule has 21 heavy (non-hydrogen) atoms. The standard InChI is InChI=1S/C14H9N3O4/c1-8(18)9-2-4-10(5-3-9)11-6-7-12(17(19)20)14-13(11)15-21-16-14/h2-7H,1H3. The van der Waals surface area contributed by atoms with Crippen molar-refractivity contribution < 1.29 is 14.3 Å². The van der Waals surface area contributed by atoms with Gasteiger partial charge in [-0.15, -0.1) is 0 Å². The number of carbonyl (C=O) groups is 1. The van der Waals surface area contributed by atoms with Crippen molar-refractivity contribution in [2.24, 2.45) is 0 Å². The van der Waals surface area contributed by atoms with Gasteiger partial charge in [0.25, 0.3) is 0 Å². The van der Waals surface area contributed by atoms with E-state index >= 15 is 0 Å². The first kappa shape index (κ1) is 12.9. The van der Waals surface area contributed by atoms with Crippen LogP contribution in [0.15, 0.2) is 41.0 Å². The smallest absolute Gasteiger partial charge is 0.295 e. The molecule has 0 bridgehead atoms. The third-order valence-corrected chi connectivity index (χ3v) is 3.19. The molecule has 2 aromatic carbocycles. The second kappa shape index (κ2) is 4.78. The van der Waals surface area contributed by atoms with Gasteiger partial charge in [0.1, 0.15) is 5.52 Å². The third-order valence-electron chi connectivity index (χ3n) is 3.19. The van der Waals surface area contributed by atoms with Gasteiger partial charge in [-0.1, -0.05) is 24.3 Å². The Morgan fingerprint density at radius 1 is 1.10 bits per heavy atom. The Kier molecular flexibility index (Phi) is 2.94. The molecule has 104 valence electrons. The van der Waals surface area contributed by atoms with Crippen molar-refractivity contribution in [2.75, 3.05) is 0 Å². The van der Waals surface area contributed by atoms with Gasteiger partial charge in [-0.25, -0.2) is 4.63 Å². The number of nitrogens with zero attached hydrogens (tertiary/aromatic N) is 3. The van der Waals surface area contributed by atoms with Crippen molar-refractivity contribution in [3.05, 3.63) is 52.1 Å². The number of fused-ring (bicyclic) bond motifs is 1. The number of non-ortho nitro benzene ring substituents is 1. The summed E-state index contributed by atoms with van der Waals surface area (Å²) in [6, 6.07) is 9.85. The number of nitro groups is 1. The van der Waals surface area contributed by atoms with Crippen LogP contribution in [0.3, 0.4) is 0 Å². The van der Waals surface area contributed by atoms with E-state index in [-0.39, 0.29) is 17.0 Å². The number of hydrogen-bond acceptors (Lipinski definition) is 6. The van der Waals surface area contributed by atoms with Gasteiger partial charge >= 0.3 is 5.69 Å². The van der Waals surface area contributed by atoms with E-state index in [4.69, 9.17) is 0 Å². The highest BCUT2D eigenvalue weighted by molar-refractivity contribution is 5.97. The van der Waals surface area contributed by atoms with Crippen molar-refractivity contribution in [3.63, 3.8) is 0 Å². The number of carbonyl (C=O) groups excluding carboxylic acids is 1. The number of hydrogen-bond donors (Lipinski definition) is 0. The molecule has 0 aliphatic rings. The Morgan fingerprint density at radius 2 is 1.76 bits per heavy atom. The van der Waals surface area contributed by atoms with Crippen LogP contribution in [0.2, 0.25) is 0 Å². The highest BCUT2D eigenvalue weighted by atomic mass is 16.6. The summed E-state index contributed by atoms with van der Waals surface area (Å²) in [5, 5.41) is 18.3. The molecule has 0 radical (unpaired) electrons. The van der Waals surface area contributed by atoms with Crippen molar-refractivity contribution in [3.8, 4) is 11.1 Å². The lowest BCUT2D eigenvalue weighted by Crippen LogP contribution is -1.92. The number of rotatable bonds is 3. The highest BCUT2D eigenvalue weighted by Crippen LogP contribution is 2.32. The fraction of sp³-hybridized carbons (Fsp3) is 0.0714. The molecule has 0 aliphatic heterocycles. The van der Waals surface area contributed by atoms with Crippen LogP contribution < -0.4 is 0 Å². The minimum atomic E-state index is -0.533. The summed E-state index contributed by atoms with van der Waals surface area (Å²) in [6.45, 7) is 1.49. The second-order valence-corrected chi connectivity index (χ2v) is 4.48. The van der Waals surface area contributed by atoms with Gasteiger partial charge in [0, 0.05) is 17.2 Å². The van der Waals surface area contributed by atoms with Crippen LogP contribution in [0, 0.1) is 10.1 Å². The van der Waals surface area contributed by atoms with Gasteiger partial charge in [-0.05, 0) is 28.9 Å². The number of ketones is 1. The maximum atomic E-state index is 11.3. The van der Waals surface area contributed by atoms with Gasteiger partial charge in [0.15, 0.2) is 5.78 Å². The van der Waals surface area contributed by atoms with Crippen molar-refractivity contribution in [2.45, 2.75) is 6.92 Å². The van der Waals surface area contributed by atoms with Gasteiger partial charge in [0.05, 0.1) is 4.92 Å². The second-order valence-electron chi connectivity index (χ2n) is 4.48. The molecule has 7 heteroatoms. The molecule has 0 aliphatic carbocycles. The Morgan fingerprint density at radius 3 is 2.38 bits per heavy atom. The summed E-state index contributed by atoms with van der Waals surface area (Å²) in [5.74, 6) is -0.0292. The Labute approximate surface area is 118 Å². The highest BCUT2D eigenvalue weighted by Gasteiger charge is 2.20. The average Bonchev–Trinajstić information content (AvgIpc) is 2.95. The number of aromatic nitrogens is 2. The van der Waals surface area contributed by atoms with Crippen molar-refractivity contribution in [1.82, 2.24) is 10.3 Å². The molecule has 0 amide bonds. The van der Waals surface area contributed by atoms with E-state index in [9.17, 15) is 14.9 Å². The zero-order valence-electron chi connectivity index (χ0n) is 10.9. The van der Waals surface area contributed by atoms with Crippen molar-refractivity contribution in [1.29, 1.82) is 0 Å². The van der Waals surface area contributed by atoms with Gasteiger partial charge in [-0.3, -0.25) is 14.9 Å². The minimum Gasteiger partial charge on any atom is -0.295 e. The fourth-order valence-electron chi connectivity index (χ4n) is 2.12. The maximum Gasteiger partial charge on any atom is 0.300 e. The summed E-state index contributed by atoms with van der Waals surface area (Å²) < 4.78 is 4.62. The lowest BCUT2D eigenvalue weighted by Gasteiger charge is -2.03. The van der Waals surface area contributed by atoms with E-state index in [2.05, 4.69) is 14.9 Å². The predicted molar refractivity (Wildman–Crippen MR) is 73.9 cm³/mol. The van der Waals surface area contributed by atoms with E-state index in [0.717, 1.165) is 5.56 Å². The van der Waals surface area contributed by atoms with Crippen LogP contribution in [-0.2, 0) is 0 Å². The van der Waals surface area contributed by atoms with Crippen LogP contribution in [0.4, 0.5) is 5.69 Å². The van der Waals surface area contributed by atoms with Crippen LogP contribution >= 0.6 is 0 Å².